The number of amides is 2. The highest BCUT2D eigenvalue weighted by Crippen LogP contribution is 2.41. The SMILES string of the molecule is C[C@H](c1ccccc1)N(C)C(=O)c1ccc2c(c1)CCN1C(=O)[C@@H]3CCCN[C@@H]3C[C@H]21. The van der Waals surface area contributed by atoms with Crippen LogP contribution in [-0.2, 0) is 11.2 Å². The van der Waals surface area contributed by atoms with Gasteiger partial charge in [0.2, 0.25) is 5.91 Å². The number of nitrogens with one attached hydrogen (secondary N) is 1. The fourth-order valence-corrected chi connectivity index (χ4v) is 5.65. The molecule has 3 heterocycles. The van der Waals surface area contributed by atoms with Crippen molar-refractivity contribution in [2.45, 2.75) is 50.7 Å². The average molecular weight is 418 g/mol. The van der Waals surface area contributed by atoms with Crippen LogP contribution in [0.15, 0.2) is 48.5 Å². The molecule has 0 spiro atoms. The van der Waals surface area contributed by atoms with Gasteiger partial charge in [-0.15, -0.1) is 0 Å². The first-order valence-electron chi connectivity index (χ1n) is 11.5. The molecule has 4 atom stereocenters. The summed E-state index contributed by atoms with van der Waals surface area (Å²) < 4.78 is 0. The standard InChI is InChI=1S/C26H31N3O2/c1-17(18-7-4-3-5-8-18)28(2)25(30)20-10-11-21-19(15-20)12-14-29-24(21)16-23-22(26(29)31)9-6-13-27-23/h3-5,7-8,10-11,15,17,22-24,27H,6,9,12-14,16H2,1-2H3/t17-,22-,23-,24-/m1/s1. The number of fused-ring (bicyclic) bond motifs is 4. The number of carbonyl (C=O) groups is 2. The van der Waals surface area contributed by atoms with E-state index >= 15 is 0 Å². The number of hydrogen-bond acceptors (Lipinski definition) is 3. The van der Waals surface area contributed by atoms with Gasteiger partial charge in [0, 0.05) is 25.2 Å². The van der Waals surface area contributed by atoms with Gasteiger partial charge in [-0.2, -0.15) is 0 Å². The molecule has 2 aromatic rings. The molecular formula is C26H31N3O2. The molecule has 1 N–H and O–H groups in total. The fraction of sp³-hybridized carbons (Fsp3) is 0.462. The molecule has 162 valence electrons. The van der Waals surface area contributed by atoms with Gasteiger partial charge >= 0.3 is 0 Å². The van der Waals surface area contributed by atoms with Gasteiger partial charge in [-0.1, -0.05) is 36.4 Å². The lowest BCUT2D eigenvalue weighted by Gasteiger charge is -2.48. The molecule has 2 saturated heterocycles. The molecule has 2 aromatic carbocycles. The van der Waals surface area contributed by atoms with Crippen molar-refractivity contribution in [3.05, 3.63) is 70.8 Å². The second-order valence-corrected chi connectivity index (χ2v) is 9.26. The third-order valence-corrected chi connectivity index (χ3v) is 7.59. The zero-order valence-electron chi connectivity index (χ0n) is 18.4. The largest absolute Gasteiger partial charge is 0.335 e. The van der Waals surface area contributed by atoms with Crippen molar-refractivity contribution in [1.29, 1.82) is 0 Å². The van der Waals surface area contributed by atoms with E-state index in [0.717, 1.165) is 49.9 Å². The summed E-state index contributed by atoms with van der Waals surface area (Å²) in [6.45, 7) is 3.83. The Balaban J connectivity index is 1.38. The number of nitrogens with zero attached hydrogens (tertiary/aromatic N) is 2. The van der Waals surface area contributed by atoms with E-state index < -0.39 is 0 Å². The second-order valence-electron chi connectivity index (χ2n) is 9.26. The molecule has 3 aliphatic rings. The van der Waals surface area contributed by atoms with Gasteiger partial charge in [0.05, 0.1) is 18.0 Å². The molecule has 0 bridgehead atoms. The maximum Gasteiger partial charge on any atom is 0.254 e. The number of benzene rings is 2. The average Bonchev–Trinajstić information content (AvgIpc) is 2.83. The Morgan fingerprint density at radius 2 is 2.00 bits per heavy atom. The third kappa shape index (κ3) is 3.55. The van der Waals surface area contributed by atoms with Gasteiger partial charge < -0.3 is 15.1 Å². The molecule has 2 fully saturated rings. The Hall–Kier alpha value is -2.66. The first kappa shape index (κ1) is 20.3. The van der Waals surface area contributed by atoms with Crippen LogP contribution in [0, 0.1) is 5.92 Å². The fourth-order valence-electron chi connectivity index (χ4n) is 5.65. The Bertz CT molecular complexity index is 989. The monoisotopic (exact) mass is 417 g/mol. The summed E-state index contributed by atoms with van der Waals surface area (Å²) in [4.78, 5) is 30.2. The molecule has 0 aromatic heterocycles. The molecule has 0 aliphatic carbocycles. The van der Waals surface area contributed by atoms with E-state index in [9.17, 15) is 9.59 Å². The van der Waals surface area contributed by atoms with Gasteiger partial charge in [-0.3, -0.25) is 9.59 Å². The summed E-state index contributed by atoms with van der Waals surface area (Å²) in [7, 11) is 1.87. The maximum atomic E-state index is 13.2. The Labute approximate surface area is 184 Å². The van der Waals surface area contributed by atoms with E-state index in [-0.39, 0.29) is 30.0 Å². The van der Waals surface area contributed by atoms with Crippen LogP contribution in [0.2, 0.25) is 0 Å². The summed E-state index contributed by atoms with van der Waals surface area (Å²) >= 11 is 0. The van der Waals surface area contributed by atoms with Crippen LogP contribution in [0.4, 0.5) is 0 Å². The van der Waals surface area contributed by atoms with Gasteiger partial charge in [-0.25, -0.2) is 0 Å². The minimum atomic E-state index is 0.00509. The number of hydrogen-bond donors (Lipinski definition) is 1. The predicted octanol–water partition coefficient (Wildman–Crippen LogP) is 3.72. The molecule has 31 heavy (non-hydrogen) atoms. The zero-order valence-corrected chi connectivity index (χ0v) is 18.4. The highest BCUT2D eigenvalue weighted by molar-refractivity contribution is 5.94. The molecule has 0 radical (unpaired) electrons. The summed E-state index contributed by atoms with van der Waals surface area (Å²) in [6.07, 6.45) is 3.89. The number of piperidine rings is 2. The van der Waals surface area contributed by atoms with E-state index in [0.29, 0.717) is 5.91 Å². The van der Waals surface area contributed by atoms with E-state index in [1.54, 1.807) is 0 Å². The molecule has 0 saturated carbocycles. The van der Waals surface area contributed by atoms with Crippen molar-refractivity contribution < 1.29 is 9.59 Å². The van der Waals surface area contributed by atoms with Crippen molar-refractivity contribution in [2.24, 2.45) is 5.92 Å². The molecular weight excluding hydrogens is 386 g/mol. The van der Waals surface area contributed by atoms with Crippen molar-refractivity contribution >= 4 is 11.8 Å². The van der Waals surface area contributed by atoms with Crippen molar-refractivity contribution in [3.8, 4) is 0 Å². The first-order chi connectivity index (χ1) is 15.0. The summed E-state index contributed by atoms with van der Waals surface area (Å²) in [5.41, 5.74) is 4.30. The Kier molecular flexibility index (Phi) is 5.30. The van der Waals surface area contributed by atoms with Gasteiger partial charge in [0.15, 0.2) is 0 Å². The van der Waals surface area contributed by atoms with Gasteiger partial charge in [0.1, 0.15) is 0 Å². The molecule has 2 amide bonds. The van der Waals surface area contributed by atoms with Crippen LogP contribution < -0.4 is 5.32 Å². The van der Waals surface area contributed by atoms with Crippen LogP contribution in [-0.4, -0.2) is 47.8 Å². The quantitative estimate of drug-likeness (QED) is 0.828. The molecule has 5 heteroatoms. The van der Waals surface area contributed by atoms with E-state index in [4.69, 9.17) is 0 Å². The number of rotatable bonds is 3. The lowest BCUT2D eigenvalue weighted by molar-refractivity contribution is -0.145. The smallest absolute Gasteiger partial charge is 0.254 e. The van der Waals surface area contributed by atoms with Crippen LogP contribution in [0.5, 0.6) is 0 Å². The Morgan fingerprint density at radius 1 is 1.19 bits per heavy atom. The molecule has 3 aliphatic heterocycles. The molecule has 0 unspecified atom stereocenters. The highest BCUT2D eigenvalue weighted by atomic mass is 16.2. The summed E-state index contributed by atoms with van der Waals surface area (Å²) in [5.74, 6) is 0.492. The van der Waals surface area contributed by atoms with Crippen molar-refractivity contribution in [2.75, 3.05) is 20.1 Å². The maximum absolute atomic E-state index is 13.2. The first-order valence-corrected chi connectivity index (χ1v) is 11.5. The van der Waals surface area contributed by atoms with Crippen molar-refractivity contribution in [3.63, 3.8) is 0 Å². The second kappa shape index (κ2) is 8.12. The van der Waals surface area contributed by atoms with E-state index in [2.05, 4.69) is 41.4 Å². The van der Waals surface area contributed by atoms with Crippen LogP contribution in [0.25, 0.3) is 0 Å². The zero-order chi connectivity index (χ0) is 21.5. The van der Waals surface area contributed by atoms with Crippen molar-refractivity contribution in [1.82, 2.24) is 15.1 Å². The van der Waals surface area contributed by atoms with Crippen LogP contribution in [0.1, 0.15) is 65.3 Å². The van der Waals surface area contributed by atoms with E-state index in [1.165, 1.54) is 11.1 Å². The normalized spacial score (nSPS) is 25.8. The van der Waals surface area contributed by atoms with Crippen LogP contribution >= 0.6 is 0 Å². The Morgan fingerprint density at radius 3 is 2.81 bits per heavy atom. The minimum Gasteiger partial charge on any atom is -0.335 e. The predicted molar refractivity (Wildman–Crippen MR) is 121 cm³/mol. The van der Waals surface area contributed by atoms with Crippen LogP contribution in [0.3, 0.4) is 0 Å². The third-order valence-electron chi connectivity index (χ3n) is 7.59. The minimum absolute atomic E-state index is 0.00509. The lowest BCUT2D eigenvalue weighted by atomic mass is 9.77. The van der Waals surface area contributed by atoms with Gasteiger partial charge in [0.25, 0.3) is 5.91 Å². The summed E-state index contributed by atoms with van der Waals surface area (Å²) in [6, 6.07) is 16.6. The topological polar surface area (TPSA) is 52.7 Å². The lowest BCUT2D eigenvalue weighted by Crippen LogP contribution is -2.57. The molecule has 5 nitrogen and oxygen atoms in total. The summed E-state index contributed by atoms with van der Waals surface area (Å²) in [5, 5.41) is 3.58. The van der Waals surface area contributed by atoms with Gasteiger partial charge in [-0.05, 0) is 68.0 Å². The highest BCUT2D eigenvalue weighted by Gasteiger charge is 2.44. The number of carbonyl (C=O) groups excluding carboxylic acids is 2. The molecule has 5 rings (SSSR count). The van der Waals surface area contributed by atoms with E-state index in [1.807, 2.05) is 36.2 Å².